The molecule has 0 atom stereocenters. The molecule has 0 bridgehead atoms. The predicted octanol–water partition coefficient (Wildman–Crippen LogP) is 1.90. The summed E-state index contributed by atoms with van der Waals surface area (Å²) in [4.78, 5) is 19.9. The van der Waals surface area contributed by atoms with E-state index in [1.165, 1.54) is 6.20 Å². The second-order valence-corrected chi connectivity index (χ2v) is 3.58. The average Bonchev–Trinajstić information content (AvgIpc) is 2.40. The van der Waals surface area contributed by atoms with Crippen molar-refractivity contribution in [2.75, 3.05) is 12.3 Å². The Morgan fingerprint density at radius 2 is 2.06 bits per heavy atom. The number of aromatic nitrogens is 2. The topological polar surface area (TPSA) is 78.1 Å². The van der Waals surface area contributed by atoms with E-state index in [1.54, 1.807) is 6.92 Å². The van der Waals surface area contributed by atoms with Crippen LogP contribution in [-0.2, 0) is 4.74 Å². The van der Waals surface area contributed by atoms with Gasteiger partial charge in [0.25, 0.3) is 0 Å². The molecule has 5 heteroatoms. The molecule has 2 rings (SSSR count). The van der Waals surface area contributed by atoms with Crippen LogP contribution >= 0.6 is 0 Å². The highest BCUT2D eigenvalue weighted by atomic mass is 16.5. The van der Waals surface area contributed by atoms with Gasteiger partial charge in [-0.05, 0) is 6.92 Å². The van der Waals surface area contributed by atoms with Gasteiger partial charge in [0.15, 0.2) is 11.5 Å². The molecule has 1 aromatic heterocycles. The lowest BCUT2D eigenvalue weighted by Crippen LogP contribution is -2.11. The number of esters is 1. The second-order valence-electron chi connectivity index (χ2n) is 3.58. The number of nitrogens with zero attached hydrogens (tertiary/aromatic N) is 2. The van der Waals surface area contributed by atoms with Crippen molar-refractivity contribution in [2.24, 2.45) is 0 Å². The Balaban J connectivity index is 2.41. The third kappa shape index (κ3) is 2.45. The molecule has 0 saturated heterocycles. The fourth-order valence-corrected chi connectivity index (χ4v) is 1.48. The van der Waals surface area contributed by atoms with E-state index in [4.69, 9.17) is 10.5 Å². The molecule has 2 N–H and O–H groups in total. The summed E-state index contributed by atoms with van der Waals surface area (Å²) in [5.41, 5.74) is 6.81. The molecule has 0 spiro atoms. The van der Waals surface area contributed by atoms with E-state index >= 15 is 0 Å². The molecule has 2 aromatic rings. The second kappa shape index (κ2) is 5.27. The number of hydrogen-bond acceptors (Lipinski definition) is 5. The number of ether oxygens (including phenoxy) is 1. The Morgan fingerprint density at radius 1 is 1.33 bits per heavy atom. The van der Waals surface area contributed by atoms with Crippen LogP contribution in [0, 0.1) is 0 Å². The van der Waals surface area contributed by atoms with Crippen LogP contribution in [0.25, 0.3) is 11.4 Å². The zero-order valence-corrected chi connectivity index (χ0v) is 9.96. The minimum atomic E-state index is -0.533. The maximum absolute atomic E-state index is 11.7. The summed E-state index contributed by atoms with van der Waals surface area (Å²) in [6.07, 6.45) is 1.42. The van der Waals surface area contributed by atoms with Crippen molar-refractivity contribution in [1.82, 2.24) is 9.97 Å². The van der Waals surface area contributed by atoms with Gasteiger partial charge in [0.2, 0.25) is 0 Å². The first-order valence-electron chi connectivity index (χ1n) is 5.57. The summed E-state index contributed by atoms with van der Waals surface area (Å²) in [7, 11) is 0. The number of rotatable bonds is 3. The fourth-order valence-electron chi connectivity index (χ4n) is 1.48. The zero-order chi connectivity index (χ0) is 13.0. The molecule has 1 aromatic carbocycles. The van der Waals surface area contributed by atoms with Crippen molar-refractivity contribution in [3.05, 3.63) is 42.2 Å². The van der Waals surface area contributed by atoms with Gasteiger partial charge < -0.3 is 10.5 Å². The van der Waals surface area contributed by atoms with Gasteiger partial charge in [0.05, 0.1) is 18.5 Å². The highest BCUT2D eigenvalue weighted by molar-refractivity contribution is 5.93. The van der Waals surface area contributed by atoms with Gasteiger partial charge in [0.1, 0.15) is 0 Å². The Morgan fingerprint density at radius 3 is 2.72 bits per heavy atom. The van der Waals surface area contributed by atoms with Crippen LogP contribution < -0.4 is 5.73 Å². The maximum Gasteiger partial charge on any atom is 0.359 e. The smallest absolute Gasteiger partial charge is 0.359 e. The molecule has 5 nitrogen and oxygen atoms in total. The predicted molar refractivity (Wildman–Crippen MR) is 67.8 cm³/mol. The molecule has 0 aliphatic heterocycles. The van der Waals surface area contributed by atoms with Crippen LogP contribution in [0.1, 0.15) is 17.4 Å². The lowest BCUT2D eigenvalue weighted by atomic mass is 10.2. The first-order chi connectivity index (χ1) is 8.72. The van der Waals surface area contributed by atoms with E-state index in [9.17, 15) is 4.79 Å². The lowest BCUT2D eigenvalue weighted by molar-refractivity contribution is 0.0521. The summed E-state index contributed by atoms with van der Waals surface area (Å²) >= 11 is 0. The normalized spacial score (nSPS) is 10.1. The Kier molecular flexibility index (Phi) is 3.52. The highest BCUT2D eigenvalue weighted by Gasteiger charge is 2.14. The fraction of sp³-hybridized carbons (Fsp3) is 0.154. The minimum Gasteiger partial charge on any atom is -0.461 e. The highest BCUT2D eigenvalue weighted by Crippen LogP contribution is 2.17. The minimum absolute atomic E-state index is 0.103. The van der Waals surface area contributed by atoms with Crippen molar-refractivity contribution in [3.8, 4) is 11.4 Å². The van der Waals surface area contributed by atoms with E-state index in [-0.39, 0.29) is 18.0 Å². The van der Waals surface area contributed by atoms with Crippen LogP contribution in [0.2, 0.25) is 0 Å². The summed E-state index contributed by atoms with van der Waals surface area (Å²) < 4.78 is 4.89. The lowest BCUT2D eigenvalue weighted by Gasteiger charge is -2.06. The van der Waals surface area contributed by atoms with Gasteiger partial charge in [-0.1, -0.05) is 30.3 Å². The number of nitrogen functional groups attached to an aromatic ring is 1. The Bertz CT molecular complexity index is 555. The van der Waals surface area contributed by atoms with E-state index in [0.717, 1.165) is 5.56 Å². The summed E-state index contributed by atoms with van der Waals surface area (Å²) in [6, 6.07) is 9.37. The summed E-state index contributed by atoms with van der Waals surface area (Å²) in [5, 5.41) is 0. The van der Waals surface area contributed by atoms with Crippen molar-refractivity contribution in [2.45, 2.75) is 6.92 Å². The number of carbonyl (C=O) groups excluding carboxylic acids is 1. The van der Waals surface area contributed by atoms with Crippen molar-refractivity contribution in [3.63, 3.8) is 0 Å². The first-order valence-corrected chi connectivity index (χ1v) is 5.57. The van der Waals surface area contributed by atoms with Gasteiger partial charge in [-0.25, -0.2) is 14.8 Å². The van der Waals surface area contributed by atoms with Gasteiger partial charge in [-0.15, -0.1) is 0 Å². The molecule has 0 aliphatic carbocycles. The summed E-state index contributed by atoms with van der Waals surface area (Å²) in [6.45, 7) is 2.01. The van der Waals surface area contributed by atoms with Crippen molar-refractivity contribution in [1.29, 1.82) is 0 Å². The molecule has 0 fully saturated rings. The van der Waals surface area contributed by atoms with Crippen LogP contribution in [-0.4, -0.2) is 22.5 Å². The molecule has 0 unspecified atom stereocenters. The van der Waals surface area contributed by atoms with Crippen molar-refractivity contribution < 1.29 is 9.53 Å². The van der Waals surface area contributed by atoms with Crippen LogP contribution in [0.5, 0.6) is 0 Å². The SMILES string of the molecule is CCOC(=O)c1nc(-c2ccccc2)ncc1N. The van der Waals surface area contributed by atoms with Crippen LogP contribution in [0.3, 0.4) is 0 Å². The molecule has 0 aliphatic rings. The largest absolute Gasteiger partial charge is 0.461 e. The van der Waals surface area contributed by atoms with E-state index in [2.05, 4.69) is 9.97 Å². The molecule has 92 valence electrons. The standard InChI is InChI=1S/C13H13N3O2/c1-2-18-13(17)11-10(14)8-15-12(16-11)9-6-4-3-5-7-9/h3-8H,2,14H2,1H3. The number of nitrogens with two attached hydrogens (primary N) is 1. The van der Waals surface area contributed by atoms with Gasteiger partial charge in [-0.3, -0.25) is 0 Å². The van der Waals surface area contributed by atoms with E-state index < -0.39 is 5.97 Å². The molecule has 18 heavy (non-hydrogen) atoms. The van der Waals surface area contributed by atoms with Crippen LogP contribution in [0.15, 0.2) is 36.5 Å². The molecular formula is C13H13N3O2. The number of anilines is 1. The Hall–Kier alpha value is -2.43. The average molecular weight is 243 g/mol. The molecular weight excluding hydrogens is 230 g/mol. The molecule has 0 radical (unpaired) electrons. The van der Waals surface area contributed by atoms with E-state index in [0.29, 0.717) is 5.82 Å². The first kappa shape index (κ1) is 12.0. The number of carbonyl (C=O) groups is 1. The Labute approximate surface area is 105 Å². The molecule has 0 saturated carbocycles. The van der Waals surface area contributed by atoms with Gasteiger partial charge >= 0.3 is 5.97 Å². The third-order valence-electron chi connectivity index (χ3n) is 2.32. The molecule has 1 heterocycles. The maximum atomic E-state index is 11.7. The number of hydrogen-bond donors (Lipinski definition) is 1. The van der Waals surface area contributed by atoms with Crippen LogP contribution in [0.4, 0.5) is 5.69 Å². The van der Waals surface area contributed by atoms with Gasteiger partial charge in [-0.2, -0.15) is 0 Å². The van der Waals surface area contributed by atoms with Crippen molar-refractivity contribution >= 4 is 11.7 Å². The summed E-state index contributed by atoms with van der Waals surface area (Å²) in [5.74, 6) is -0.0811. The third-order valence-corrected chi connectivity index (χ3v) is 2.32. The van der Waals surface area contributed by atoms with E-state index in [1.807, 2.05) is 30.3 Å². The quantitative estimate of drug-likeness (QED) is 0.833. The molecule has 0 amide bonds. The van der Waals surface area contributed by atoms with Gasteiger partial charge in [0, 0.05) is 5.56 Å². The monoisotopic (exact) mass is 243 g/mol. The zero-order valence-electron chi connectivity index (χ0n) is 9.96. The number of benzene rings is 1.